The van der Waals surface area contributed by atoms with Crippen LogP contribution in [0.4, 0.5) is 13.2 Å². The van der Waals surface area contributed by atoms with Gasteiger partial charge in [-0.1, -0.05) is 6.07 Å². The van der Waals surface area contributed by atoms with Crippen LogP contribution in [-0.2, 0) is 16.2 Å². The van der Waals surface area contributed by atoms with Gasteiger partial charge in [0.25, 0.3) is 0 Å². The quantitative estimate of drug-likeness (QED) is 0.893. The van der Waals surface area contributed by atoms with E-state index in [1.807, 2.05) is 0 Å². The summed E-state index contributed by atoms with van der Waals surface area (Å²) in [5.74, 6) is 0. The van der Waals surface area contributed by atoms with Crippen molar-refractivity contribution in [2.75, 3.05) is 6.54 Å². The van der Waals surface area contributed by atoms with Crippen LogP contribution in [0.15, 0.2) is 29.2 Å². The monoisotopic (exact) mass is 309 g/mol. The molecule has 0 spiro atoms. The number of nitrogens with one attached hydrogen (secondary N) is 1. The lowest BCUT2D eigenvalue weighted by atomic mass is 9.81. The highest BCUT2D eigenvalue weighted by atomic mass is 32.2. The molecular weight excluding hydrogens is 295 g/mol. The van der Waals surface area contributed by atoms with Crippen molar-refractivity contribution in [2.45, 2.75) is 35.9 Å². The summed E-state index contributed by atoms with van der Waals surface area (Å²) in [6.45, 7) is -0.189. The fourth-order valence-electron chi connectivity index (χ4n) is 1.91. The molecule has 1 fully saturated rings. The van der Waals surface area contributed by atoms with Crippen LogP contribution < -0.4 is 4.72 Å². The number of benzene rings is 1. The van der Waals surface area contributed by atoms with Gasteiger partial charge in [0.1, 0.15) is 0 Å². The molecule has 0 aromatic heterocycles. The molecule has 0 atom stereocenters. The van der Waals surface area contributed by atoms with Crippen molar-refractivity contribution in [3.05, 3.63) is 29.8 Å². The fourth-order valence-corrected chi connectivity index (χ4v) is 3.08. The van der Waals surface area contributed by atoms with E-state index in [9.17, 15) is 26.7 Å². The predicted molar refractivity (Wildman–Crippen MR) is 65.4 cm³/mol. The normalized spacial score (nSPS) is 18.6. The number of aliphatic hydroxyl groups is 1. The first-order valence-corrected chi connectivity index (χ1v) is 7.50. The van der Waals surface area contributed by atoms with Crippen LogP contribution >= 0.6 is 0 Å². The second-order valence-corrected chi connectivity index (χ2v) is 6.69. The molecule has 1 aliphatic carbocycles. The molecule has 1 saturated carbocycles. The van der Waals surface area contributed by atoms with Crippen molar-refractivity contribution in [1.29, 1.82) is 0 Å². The van der Waals surface area contributed by atoms with E-state index in [4.69, 9.17) is 0 Å². The molecule has 2 rings (SSSR count). The molecule has 2 N–H and O–H groups in total. The van der Waals surface area contributed by atoms with Crippen molar-refractivity contribution in [1.82, 2.24) is 4.72 Å². The smallest absolute Gasteiger partial charge is 0.389 e. The maximum absolute atomic E-state index is 12.5. The number of rotatable bonds is 4. The number of halogens is 3. The third-order valence-electron chi connectivity index (χ3n) is 3.35. The van der Waals surface area contributed by atoms with Gasteiger partial charge in [-0.15, -0.1) is 0 Å². The molecule has 0 amide bonds. The minimum absolute atomic E-state index is 0.189. The Morgan fingerprint density at radius 2 is 1.95 bits per heavy atom. The van der Waals surface area contributed by atoms with Gasteiger partial charge in [0, 0.05) is 6.54 Å². The topological polar surface area (TPSA) is 66.4 Å². The van der Waals surface area contributed by atoms with Gasteiger partial charge in [-0.05, 0) is 37.5 Å². The summed E-state index contributed by atoms with van der Waals surface area (Å²) < 4.78 is 63.6. The third kappa shape index (κ3) is 3.31. The summed E-state index contributed by atoms with van der Waals surface area (Å²) in [6.07, 6.45) is -2.82. The van der Waals surface area contributed by atoms with Gasteiger partial charge in [0.2, 0.25) is 10.0 Å². The molecule has 20 heavy (non-hydrogen) atoms. The maximum atomic E-state index is 12.5. The van der Waals surface area contributed by atoms with E-state index in [0.29, 0.717) is 18.9 Å². The molecule has 112 valence electrons. The molecule has 0 bridgehead atoms. The first-order chi connectivity index (χ1) is 9.12. The van der Waals surface area contributed by atoms with Crippen LogP contribution in [0.25, 0.3) is 0 Å². The molecule has 0 unspecified atom stereocenters. The molecular formula is C12H14F3NO3S. The molecule has 0 heterocycles. The Hall–Kier alpha value is -1.12. The number of sulfonamides is 1. The molecule has 0 saturated heterocycles. The Kier molecular flexibility index (Phi) is 3.83. The van der Waals surface area contributed by atoms with E-state index in [0.717, 1.165) is 24.6 Å². The molecule has 8 heteroatoms. The van der Waals surface area contributed by atoms with Crippen LogP contribution in [0.3, 0.4) is 0 Å². The zero-order chi connectivity index (χ0) is 15.0. The molecule has 4 nitrogen and oxygen atoms in total. The molecule has 0 aliphatic heterocycles. The highest BCUT2D eigenvalue weighted by molar-refractivity contribution is 7.89. The average molecular weight is 309 g/mol. The van der Waals surface area contributed by atoms with Gasteiger partial charge in [-0.2, -0.15) is 13.2 Å². The van der Waals surface area contributed by atoms with Crippen LogP contribution in [0.2, 0.25) is 0 Å². The SMILES string of the molecule is O=S(=O)(NCC1(O)CCC1)c1cccc(C(F)(F)F)c1. The summed E-state index contributed by atoms with van der Waals surface area (Å²) in [5.41, 5.74) is -2.10. The largest absolute Gasteiger partial charge is 0.416 e. The lowest BCUT2D eigenvalue weighted by Crippen LogP contribution is -2.47. The van der Waals surface area contributed by atoms with Gasteiger partial charge in [-0.25, -0.2) is 13.1 Å². The first kappa shape index (κ1) is 15.3. The summed E-state index contributed by atoms with van der Waals surface area (Å²) >= 11 is 0. The van der Waals surface area contributed by atoms with Crippen LogP contribution in [0, 0.1) is 0 Å². The van der Waals surface area contributed by atoms with Gasteiger partial charge < -0.3 is 5.11 Å². The molecule has 1 aromatic rings. The molecule has 0 radical (unpaired) electrons. The Balaban J connectivity index is 2.17. The van der Waals surface area contributed by atoms with E-state index in [2.05, 4.69) is 4.72 Å². The van der Waals surface area contributed by atoms with Crippen molar-refractivity contribution in [3.63, 3.8) is 0 Å². The molecule has 1 aromatic carbocycles. The number of alkyl halides is 3. The van der Waals surface area contributed by atoms with Crippen molar-refractivity contribution in [3.8, 4) is 0 Å². The van der Waals surface area contributed by atoms with Gasteiger partial charge in [-0.3, -0.25) is 0 Å². The van der Waals surface area contributed by atoms with Gasteiger partial charge in [0.15, 0.2) is 0 Å². The Morgan fingerprint density at radius 1 is 1.30 bits per heavy atom. The predicted octanol–water partition coefficient (Wildman–Crippen LogP) is 1.90. The third-order valence-corrected chi connectivity index (χ3v) is 4.75. The zero-order valence-corrected chi connectivity index (χ0v) is 11.3. The Bertz CT molecular complexity index is 594. The van der Waals surface area contributed by atoms with Gasteiger partial charge in [0.05, 0.1) is 16.1 Å². The number of hydrogen-bond acceptors (Lipinski definition) is 3. The maximum Gasteiger partial charge on any atom is 0.416 e. The zero-order valence-electron chi connectivity index (χ0n) is 10.4. The first-order valence-electron chi connectivity index (χ1n) is 6.02. The van der Waals surface area contributed by atoms with Crippen molar-refractivity contribution < 1.29 is 26.7 Å². The highest BCUT2D eigenvalue weighted by Crippen LogP contribution is 2.32. The van der Waals surface area contributed by atoms with Crippen LogP contribution in [-0.4, -0.2) is 25.7 Å². The van der Waals surface area contributed by atoms with E-state index < -0.39 is 32.3 Å². The van der Waals surface area contributed by atoms with E-state index >= 15 is 0 Å². The fraction of sp³-hybridized carbons (Fsp3) is 0.500. The summed E-state index contributed by atoms with van der Waals surface area (Å²) in [6, 6.07) is 3.50. The minimum Gasteiger partial charge on any atom is -0.389 e. The summed E-state index contributed by atoms with van der Waals surface area (Å²) in [7, 11) is -4.06. The second-order valence-electron chi connectivity index (χ2n) is 4.93. The number of hydrogen-bond donors (Lipinski definition) is 2. The van der Waals surface area contributed by atoms with E-state index in [1.165, 1.54) is 0 Å². The lowest BCUT2D eigenvalue weighted by molar-refractivity contribution is -0.137. The summed E-state index contributed by atoms with van der Waals surface area (Å²) in [4.78, 5) is -0.463. The van der Waals surface area contributed by atoms with Gasteiger partial charge >= 0.3 is 6.18 Å². The van der Waals surface area contributed by atoms with Crippen molar-refractivity contribution >= 4 is 10.0 Å². The molecule has 1 aliphatic rings. The Morgan fingerprint density at radius 3 is 2.45 bits per heavy atom. The average Bonchev–Trinajstić information content (AvgIpc) is 2.33. The van der Waals surface area contributed by atoms with Crippen molar-refractivity contribution in [2.24, 2.45) is 0 Å². The van der Waals surface area contributed by atoms with E-state index in [-0.39, 0.29) is 6.54 Å². The Labute approximate surface area is 114 Å². The minimum atomic E-state index is -4.60. The van der Waals surface area contributed by atoms with Crippen LogP contribution in [0.1, 0.15) is 24.8 Å². The standard InChI is InChI=1S/C12H14F3NO3S/c13-12(14,15)9-3-1-4-10(7-9)20(18,19)16-8-11(17)5-2-6-11/h1,3-4,7,16-17H,2,5-6,8H2. The summed E-state index contributed by atoms with van der Waals surface area (Å²) in [5, 5.41) is 9.80. The van der Waals surface area contributed by atoms with Crippen LogP contribution in [0.5, 0.6) is 0 Å². The van der Waals surface area contributed by atoms with E-state index in [1.54, 1.807) is 0 Å². The highest BCUT2D eigenvalue weighted by Gasteiger charge is 2.36. The lowest BCUT2D eigenvalue weighted by Gasteiger charge is -2.36. The second kappa shape index (κ2) is 5.01.